The minimum atomic E-state index is -0.402. The zero-order valence-electron chi connectivity index (χ0n) is 10.6. The van der Waals surface area contributed by atoms with Gasteiger partial charge in [0.2, 0.25) is 0 Å². The maximum absolute atomic E-state index is 11.5. The van der Waals surface area contributed by atoms with Gasteiger partial charge in [-0.1, -0.05) is 26.0 Å². The Balaban J connectivity index is 0.000000921. The van der Waals surface area contributed by atoms with Gasteiger partial charge in [0.1, 0.15) is 5.60 Å². The van der Waals surface area contributed by atoms with Crippen molar-refractivity contribution < 1.29 is 9.53 Å². The van der Waals surface area contributed by atoms with Crippen LogP contribution in [0.3, 0.4) is 0 Å². The van der Waals surface area contributed by atoms with Gasteiger partial charge in [-0.2, -0.15) is 0 Å². The molecule has 1 saturated heterocycles. The zero-order valence-corrected chi connectivity index (χ0v) is 10.6. The standard InChI is InChI=1S/C10H17NO2.C2H6/c1-8-5-6-11(7-8)9(12)13-10(2,3)4;1-2/h1,5-7H2,2-4H3;1-2H3. The Morgan fingerprint density at radius 1 is 1.40 bits per heavy atom. The Bertz CT molecular complexity index is 228. The average molecular weight is 213 g/mol. The summed E-state index contributed by atoms with van der Waals surface area (Å²) in [4.78, 5) is 13.2. The number of carbonyl (C=O) groups excluding carboxylic acids is 1. The molecule has 15 heavy (non-hydrogen) atoms. The van der Waals surface area contributed by atoms with Crippen molar-refractivity contribution in [3.63, 3.8) is 0 Å². The lowest BCUT2D eigenvalue weighted by atomic mass is 10.2. The fraction of sp³-hybridized carbons (Fsp3) is 0.750. The summed E-state index contributed by atoms with van der Waals surface area (Å²) >= 11 is 0. The van der Waals surface area contributed by atoms with Crippen LogP contribution >= 0.6 is 0 Å². The molecule has 0 aromatic rings. The van der Waals surface area contributed by atoms with Crippen molar-refractivity contribution in [2.75, 3.05) is 13.1 Å². The van der Waals surface area contributed by atoms with Crippen molar-refractivity contribution in [2.24, 2.45) is 0 Å². The predicted molar refractivity (Wildman–Crippen MR) is 62.9 cm³/mol. The number of amides is 1. The molecule has 1 aliphatic rings. The summed E-state index contributed by atoms with van der Waals surface area (Å²) in [5.41, 5.74) is 0.701. The molecule has 1 aliphatic heterocycles. The third-order valence-electron chi connectivity index (χ3n) is 1.80. The van der Waals surface area contributed by atoms with Gasteiger partial charge in [-0.15, -0.1) is 0 Å². The highest BCUT2D eigenvalue weighted by molar-refractivity contribution is 5.69. The molecule has 1 heterocycles. The number of rotatable bonds is 0. The number of nitrogens with zero attached hydrogens (tertiary/aromatic N) is 1. The molecule has 0 radical (unpaired) electrons. The molecule has 0 saturated carbocycles. The lowest BCUT2D eigenvalue weighted by molar-refractivity contribution is 0.0299. The van der Waals surface area contributed by atoms with Crippen LogP contribution in [-0.2, 0) is 4.74 Å². The highest BCUT2D eigenvalue weighted by Crippen LogP contribution is 2.16. The molecule has 0 aromatic carbocycles. The minimum absolute atomic E-state index is 0.230. The summed E-state index contributed by atoms with van der Waals surface area (Å²) in [5, 5.41) is 0. The molecule has 0 unspecified atom stereocenters. The van der Waals surface area contributed by atoms with Crippen molar-refractivity contribution in [3.05, 3.63) is 12.2 Å². The van der Waals surface area contributed by atoms with Gasteiger partial charge in [-0.05, 0) is 27.2 Å². The minimum Gasteiger partial charge on any atom is -0.444 e. The number of likely N-dealkylation sites (tertiary alicyclic amines) is 1. The van der Waals surface area contributed by atoms with Crippen molar-refractivity contribution in [3.8, 4) is 0 Å². The first kappa shape index (κ1) is 14.0. The van der Waals surface area contributed by atoms with E-state index in [1.54, 1.807) is 4.90 Å². The molecule has 3 heteroatoms. The van der Waals surface area contributed by atoms with Gasteiger partial charge in [0.25, 0.3) is 0 Å². The van der Waals surface area contributed by atoms with Gasteiger partial charge in [0, 0.05) is 13.1 Å². The molecule has 1 rings (SSSR count). The molecule has 0 N–H and O–H groups in total. The van der Waals surface area contributed by atoms with Gasteiger partial charge in [0.05, 0.1) is 0 Å². The molecule has 0 bridgehead atoms. The topological polar surface area (TPSA) is 29.5 Å². The van der Waals surface area contributed by atoms with Crippen molar-refractivity contribution in [2.45, 2.75) is 46.6 Å². The monoisotopic (exact) mass is 213 g/mol. The number of hydrogen-bond acceptors (Lipinski definition) is 2. The van der Waals surface area contributed by atoms with Gasteiger partial charge < -0.3 is 9.64 Å². The van der Waals surface area contributed by atoms with Crippen molar-refractivity contribution in [1.82, 2.24) is 4.90 Å². The Hall–Kier alpha value is -0.990. The molecule has 3 nitrogen and oxygen atoms in total. The second kappa shape index (κ2) is 5.79. The SMILES string of the molecule is C=C1CCN(C(=O)OC(C)(C)C)C1.CC. The van der Waals surface area contributed by atoms with Crippen LogP contribution in [0.15, 0.2) is 12.2 Å². The van der Waals surface area contributed by atoms with Gasteiger partial charge in [-0.25, -0.2) is 4.79 Å². The number of hydrogen-bond donors (Lipinski definition) is 0. The molecule has 0 aromatic heterocycles. The van der Waals surface area contributed by atoms with Crippen molar-refractivity contribution in [1.29, 1.82) is 0 Å². The van der Waals surface area contributed by atoms with E-state index in [1.165, 1.54) is 0 Å². The normalized spacial score (nSPS) is 15.8. The fourth-order valence-corrected chi connectivity index (χ4v) is 1.20. The second-order valence-corrected chi connectivity index (χ2v) is 4.40. The molecule has 88 valence electrons. The highest BCUT2D eigenvalue weighted by atomic mass is 16.6. The Labute approximate surface area is 93.1 Å². The average Bonchev–Trinajstić information content (AvgIpc) is 2.52. The molecular formula is C12H23NO2. The third-order valence-corrected chi connectivity index (χ3v) is 1.80. The van der Waals surface area contributed by atoms with Gasteiger partial charge >= 0.3 is 6.09 Å². The van der Waals surface area contributed by atoms with E-state index in [4.69, 9.17) is 4.74 Å². The summed E-state index contributed by atoms with van der Waals surface area (Å²) in [5.74, 6) is 0. The van der Waals surface area contributed by atoms with Crippen LogP contribution in [-0.4, -0.2) is 29.7 Å². The Kier molecular flexibility index (Phi) is 5.40. The van der Waals surface area contributed by atoms with Crippen LogP contribution in [0.1, 0.15) is 41.0 Å². The number of carbonyl (C=O) groups is 1. The number of ether oxygens (including phenoxy) is 1. The summed E-state index contributed by atoms with van der Waals surface area (Å²) < 4.78 is 5.22. The lowest BCUT2D eigenvalue weighted by Crippen LogP contribution is -2.34. The van der Waals surface area contributed by atoms with Crippen LogP contribution in [0.4, 0.5) is 4.79 Å². The van der Waals surface area contributed by atoms with E-state index in [-0.39, 0.29) is 6.09 Å². The van der Waals surface area contributed by atoms with Crippen LogP contribution in [0, 0.1) is 0 Å². The molecule has 0 atom stereocenters. The first-order valence-electron chi connectivity index (χ1n) is 5.53. The van der Waals surface area contributed by atoms with E-state index >= 15 is 0 Å². The lowest BCUT2D eigenvalue weighted by Gasteiger charge is -2.23. The molecule has 0 aliphatic carbocycles. The molecule has 1 fully saturated rings. The van der Waals surface area contributed by atoms with Gasteiger partial charge in [0.15, 0.2) is 0 Å². The third kappa shape index (κ3) is 5.45. The predicted octanol–water partition coefficient (Wildman–Crippen LogP) is 3.21. The zero-order chi connectivity index (χ0) is 12.1. The van der Waals surface area contributed by atoms with Crippen LogP contribution in [0.2, 0.25) is 0 Å². The van der Waals surface area contributed by atoms with E-state index < -0.39 is 5.60 Å². The Morgan fingerprint density at radius 3 is 2.27 bits per heavy atom. The largest absolute Gasteiger partial charge is 0.444 e. The molecular weight excluding hydrogens is 190 g/mol. The second-order valence-electron chi connectivity index (χ2n) is 4.40. The summed E-state index contributed by atoms with van der Waals surface area (Å²) in [6.07, 6.45) is 0.672. The maximum Gasteiger partial charge on any atom is 0.410 e. The highest BCUT2D eigenvalue weighted by Gasteiger charge is 2.25. The smallest absolute Gasteiger partial charge is 0.410 e. The van der Waals surface area contributed by atoms with E-state index in [0.29, 0.717) is 6.54 Å². The Morgan fingerprint density at radius 2 is 1.93 bits per heavy atom. The van der Waals surface area contributed by atoms with E-state index in [1.807, 2.05) is 34.6 Å². The van der Waals surface area contributed by atoms with E-state index in [9.17, 15) is 4.79 Å². The van der Waals surface area contributed by atoms with Crippen LogP contribution in [0.25, 0.3) is 0 Å². The summed E-state index contributed by atoms with van der Waals surface area (Å²) in [7, 11) is 0. The first-order valence-corrected chi connectivity index (χ1v) is 5.53. The molecule has 0 spiro atoms. The summed E-state index contributed by atoms with van der Waals surface area (Å²) in [6, 6.07) is 0. The summed E-state index contributed by atoms with van der Waals surface area (Å²) in [6.45, 7) is 14.8. The molecule has 1 amide bonds. The van der Waals surface area contributed by atoms with Crippen LogP contribution < -0.4 is 0 Å². The fourth-order valence-electron chi connectivity index (χ4n) is 1.20. The van der Waals surface area contributed by atoms with E-state index in [2.05, 4.69) is 6.58 Å². The van der Waals surface area contributed by atoms with E-state index in [0.717, 1.165) is 18.5 Å². The first-order chi connectivity index (χ1) is 6.88. The quantitative estimate of drug-likeness (QED) is 0.578. The van der Waals surface area contributed by atoms with Crippen molar-refractivity contribution >= 4 is 6.09 Å². The van der Waals surface area contributed by atoms with Gasteiger partial charge in [-0.3, -0.25) is 0 Å². The maximum atomic E-state index is 11.5. The van der Waals surface area contributed by atoms with Crippen LogP contribution in [0.5, 0.6) is 0 Å².